The zero-order valence-corrected chi connectivity index (χ0v) is 17.1. The Morgan fingerprint density at radius 2 is 2.26 bits per heavy atom. The van der Waals surface area contributed by atoms with Gasteiger partial charge in [-0.1, -0.05) is 18.2 Å². The molecular weight excluding hydrogens is 386 g/mol. The first-order chi connectivity index (χ1) is 12.7. The smallest absolute Gasteiger partial charge is 0.273 e. The van der Waals surface area contributed by atoms with Gasteiger partial charge in [0.1, 0.15) is 11.4 Å². The molecule has 2 N–H and O–H groups in total. The van der Waals surface area contributed by atoms with Gasteiger partial charge in [0, 0.05) is 37.1 Å². The molecule has 0 aliphatic carbocycles. The Balaban J connectivity index is 0.00000261. The van der Waals surface area contributed by atoms with Crippen molar-refractivity contribution in [1.82, 2.24) is 9.88 Å². The zero-order valence-electron chi connectivity index (χ0n) is 15.4. The normalized spacial score (nSPS) is 16.0. The van der Waals surface area contributed by atoms with Crippen LogP contribution in [0, 0.1) is 0 Å². The second kappa shape index (κ2) is 10.6. The number of amides is 1. The summed E-state index contributed by atoms with van der Waals surface area (Å²) in [6.07, 6.45) is 2.79. The molecule has 0 radical (unpaired) electrons. The lowest BCUT2D eigenvalue weighted by molar-refractivity contribution is 0.0502. The third kappa shape index (κ3) is 5.65. The molecule has 8 heteroatoms. The van der Waals surface area contributed by atoms with Gasteiger partial charge in [-0.25, -0.2) is 4.98 Å². The first-order valence-corrected chi connectivity index (χ1v) is 9.76. The van der Waals surface area contributed by atoms with Gasteiger partial charge in [0.05, 0.1) is 18.2 Å². The van der Waals surface area contributed by atoms with Crippen molar-refractivity contribution >= 4 is 29.7 Å². The van der Waals surface area contributed by atoms with Crippen LogP contribution in [0.3, 0.4) is 0 Å². The fraction of sp³-hybridized carbons (Fsp3) is 0.474. The summed E-state index contributed by atoms with van der Waals surface area (Å²) in [6, 6.07) is 7.77. The summed E-state index contributed by atoms with van der Waals surface area (Å²) in [5.74, 6) is 0.700. The maximum atomic E-state index is 13.1. The van der Waals surface area contributed by atoms with E-state index in [4.69, 9.17) is 15.2 Å². The highest BCUT2D eigenvalue weighted by molar-refractivity contribution is 7.09. The summed E-state index contributed by atoms with van der Waals surface area (Å²) in [4.78, 5) is 19.4. The number of rotatable bonds is 8. The number of carbonyl (C=O) groups is 1. The summed E-state index contributed by atoms with van der Waals surface area (Å²) in [7, 11) is 1.64. The second-order valence-corrected chi connectivity index (χ2v) is 7.24. The van der Waals surface area contributed by atoms with Crippen molar-refractivity contribution in [2.75, 3.05) is 26.8 Å². The van der Waals surface area contributed by atoms with Gasteiger partial charge in [-0.2, -0.15) is 0 Å². The van der Waals surface area contributed by atoms with Crippen molar-refractivity contribution in [2.45, 2.75) is 31.9 Å². The number of aromatic nitrogens is 1. The molecule has 1 unspecified atom stereocenters. The van der Waals surface area contributed by atoms with Crippen LogP contribution in [0.4, 0.5) is 0 Å². The molecular formula is C19H26ClN3O3S. The minimum Gasteiger partial charge on any atom is -0.496 e. The van der Waals surface area contributed by atoms with Crippen LogP contribution in [0.25, 0.3) is 0 Å². The predicted octanol–water partition coefficient (Wildman–Crippen LogP) is 2.90. The van der Waals surface area contributed by atoms with Crippen LogP contribution in [-0.2, 0) is 17.7 Å². The molecule has 1 aromatic heterocycles. The standard InChI is InChI=1S/C19H25N3O3S.ClH/c1-24-17-7-3-2-5-14(17)11-22(12-15-6-4-10-25-15)19(23)16-13-26-18(21-16)8-9-20;/h2-3,5,7,13,15H,4,6,8-12,20H2,1H3;1H. The number of thiazole rings is 1. The van der Waals surface area contributed by atoms with E-state index in [0.717, 1.165) is 35.8 Å². The summed E-state index contributed by atoms with van der Waals surface area (Å²) in [5.41, 5.74) is 7.04. The van der Waals surface area contributed by atoms with E-state index in [2.05, 4.69) is 4.98 Å². The van der Waals surface area contributed by atoms with Gasteiger partial charge in [0.15, 0.2) is 0 Å². The monoisotopic (exact) mass is 411 g/mol. The Bertz CT molecular complexity index is 734. The number of nitrogens with zero attached hydrogens (tertiary/aromatic N) is 2. The van der Waals surface area contributed by atoms with Gasteiger partial charge in [-0.15, -0.1) is 23.7 Å². The van der Waals surface area contributed by atoms with E-state index in [9.17, 15) is 4.79 Å². The van der Waals surface area contributed by atoms with E-state index >= 15 is 0 Å². The molecule has 2 heterocycles. The molecule has 148 valence electrons. The number of carbonyl (C=O) groups excluding carboxylic acids is 1. The van der Waals surface area contributed by atoms with Crippen LogP contribution in [0.5, 0.6) is 5.75 Å². The van der Waals surface area contributed by atoms with Gasteiger partial charge in [0.2, 0.25) is 0 Å². The molecule has 1 aliphatic rings. The summed E-state index contributed by atoms with van der Waals surface area (Å²) < 4.78 is 11.2. The van der Waals surface area contributed by atoms with Crippen LogP contribution in [0.1, 0.15) is 33.9 Å². The number of ether oxygens (including phenoxy) is 2. The Kier molecular flexibility index (Phi) is 8.50. The summed E-state index contributed by atoms with van der Waals surface area (Å²) in [5, 5.41) is 2.71. The molecule has 1 atom stereocenters. The quantitative estimate of drug-likeness (QED) is 0.722. The minimum atomic E-state index is -0.0778. The first-order valence-electron chi connectivity index (χ1n) is 8.88. The van der Waals surface area contributed by atoms with Crippen molar-refractivity contribution < 1.29 is 14.3 Å². The maximum absolute atomic E-state index is 13.1. The van der Waals surface area contributed by atoms with Gasteiger partial charge in [0.25, 0.3) is 5.91 Å². The summed E-state index contributed by atoms with van der Waals surface area (Å²) in [6.45, 7) is 2.31. The number of methoxy groups -OCH3 is 1. The van der Waals surface area contributed by atoms with Gasteiger partial charge < -0.3 is 20.1 Å². The van der Waals surface area contributed by atoms with Gasteiger partial charge >= 0.3 is 0 Å². The lowest BCUT2D eigenvalue weighted by atomic mass is 10.1. The van der Waals surface area contributed by atoms with Crippen molar-refractivity contribution in [2.24, 2.45) is 5.73 Å². The van der Waals surface area contributed by atoms with Gasteiger partial charge in [-0.3, -0.25) is 4.79 Å². The molecule has 6 nitrogen and oxygen atoms in total. The predicted molar refractivity (Wildman–Crippen MR) is 109 cm³/mol. The Morgan fingerprint density at radius 1 is 1.44 bits per heavy atom. The Morgan fingerprint density at radius 3 is 2.96 bits per heavy atom. The van der Waals surface area contributed by atoms with Crippen LogP contribution in [0.2, 0.25) is 0 Å². The Labute approximate surface area is 170 Å². The molecule has 2 aromatic rings. The lowest BCUT2D eigenvalue weighted by Gasteiger charge is -2.25. The lowest BCUT2D eigenvalue weighted by Crippen LogP contribution is -2.37. The molecule has 1 fully saturated rings. The molecule has 0 spiro atoms. The van der Waals surface area contributed by atoms with E-state index in [0.29, 0.717) is 31.7 Å². The highest BCUT2D eigenvalue weighted by Gasteiger charge is 2.25. The average molecular weight is 412 g/mol. The summed E-state index contributed by atoms with van der Waals surface area (Å²) >= 11 is 1.48. The number of para-hydroxylation sites is 1. The second-order valence-electron chi connectivity index (χ2n) is 6.30. The molecule has 1 amide bonds. The Hall–Kier alpha value is -1.67. The maximum Gasteiger partial charge on any atom is 0.273 e. The highest BCUT2D eigenvalue weighted by atomic mass is 35.5. The number of hydrogen-bond acceptors (Lipinski definition) is 6. The molecule has 0 saturated carbocycles. The van der Waals surface area contributed by atoms with Crippen molar-refractivity contribution in [1.29, 1.82) is 0 Å². The van der Waals surface area contributed by atoms with Gasteiger partial charge in [-0.05, 0) is 25.5 Å². The first kappa shape index (κ1) is 21.6. The van der Waals surface area contributed by atoms with Crippen LogP contribution < -0.4 is 10.5 Å². The fourth-order valence-corrected chi connectivity index (χ4v) is 3.89. The van der Waals surface area contributed by atoms with Crippen molar-refractivity contribution in [3.8, 4) is 5.75 Å². The number of hydrogen-bond donors (Lipinski definition) is 1. The van der Waals surface area contributed by atoms with Crippen molar-refractivity contribution in [3.05, 3.63) is 45.9 Å². The molecule has 1 aromatic carbocycles. The van der Waals surface area contributed by atoms with E-state index in [-0.39, 0.29) is 24.4 Å². The van der Waals surface area contributed by atoms with E-state index in [1.54, 1.807) is 7.11 Å². The number of nitrogens with two attached hydrogens (primary N) is 1. The minimum absolute atomic E-state index is 0. The SMILES string of the molecule is COc1ccccc1CN(CC1CCCO1)C(=O)c1csc(CCN)n1.Cl. The van der Waals surface area contributed by atoms with E-state index < -0.39 is 0 Å². The third-order valence-electron chi connectivity index (χ3n) is 4.42. The molecule has 27 heavy (non-hydrogen) atoms. The van der Waals surface area contributed by atoms with Crippen LogP contribution >= 0.6 is 23.7 Å². The fourth-order valence-electron chi connectivity index (χ4n) is 3.10. The number of halogens is 1. The van der Waals surface area contributed by atoms with E-state index in [1.807, 2.05) is 34.5 Å². The van der Waals surface area contributed by atoms with E-state index in [1.165, 1.54) is 11.3 Å². The molecule has 1 aliphatic heterocycles. The largest absolute Gasteiger partial charge is 0.496 e. The average Bonchev–Trinajstić information content (AvgIpc) is 3.33. The molecule has 0 bridgehead atoms. The molecule has 3 rings (SSSR count). The van der Waals surface area contributed by atoms with Crippen molar-refractivity contribution in [3.63, 3.8) is 0 Å². The zero-order chi connectivity index (χ0) is 18.4. The van der Waals surface area contributed by atoms with Crippen LogP contribution in [-0.4, -0.2) is 48.7 Å². The highest BCUT2D eigenvalue weighted by Crippen LogP contribution is 2.23. The van der Waals surface area contributed by atoms with Crippen LogP contribution in [0.15, 0.2) is 29.6 Å². The topological polar surface area (TPSA) is 77.7 Å². The third-order valence-corrected chi connectivity index (χ3v) is 5.33. The number of benzene rings is 1. The molecule has 1 saturated heterocycles.